The molecular weight excluding hydrogens is 198 g/mol. The van der Waals surface area contributed by atoms with Crippen LogP contribution >= 0.6 is 0 Å². The predicted molar refractivity (Wildman–Crippen MR) is 67.9 cm³/mol. The van der Waals surface area contributed by atoms with Gasteiger partial charge in [-0.15, -0.1) is 0 Å². The van der Waals surface area contributed by atoms with E-state index in [9.17, 15) is 4.79 Å². The summed E-state index contributed by atoms with van der Waals surface area (Å²) in [5, 5.41) is 3.05. The third-order valence-corrected chi connectivity index (χ3v) is 2.62. The minimum atomic E-state index is 0.258. The largest absolute Gasteiger partial charge is 0.320 e. The van der Waals surface area contributed by atoms with E-state index < -0.39 is 0 Å². The van der Waals surface area contributed by atoms with Gasteiger partial charge in [0.1, 0.15) is 0 Å². The van der Waals surface area contributed by atoms with Gasteiger partial charge in [-0.25, -0.2) is 0 Å². The molecule has 0 heterocycles. The molecule has 16 heavy (non-hydrogen) atoms. The van der Waals surface area contributed by atoms with Gasteiger partial charge in [-0.05, 0) is 38.1 Å². The van der Waals surface area contributed by atoms with Gasteiger partial charge in [0.15, 0.2) is 5.78 Å². The Kier molecular flexibility index (Phi) is 5.79. The van der Waals surface area contributed by atoms with Gasteiger partial charge >= 0.3 is 0 Å². The number of benzene rings is 1. The van der Waals surface area contributed by atoms with Crippen LogP contribution in [0.1, 0.15) is 42.1 Å². The van der Waals surface area contributed by atoms with Crippen molar-refractivity contribution >= 4 is 5.78 Å². The van der Waals surface area contributed by atoms with E-state index in [1.165, 1.54) is 5.56 Å². The first-order chi connectivity index (χ1) is 7.77. The van der Waals surface area contributed by atoms with Crippen molar-refractivity contribution < 1.29 is 4.79 Å². The molecule has 0 spiro atoms. The van der Waals surface area contributed by atoms with E-state index in [1.807, 2.05) is 25.2 Å². The van der Waals surface area contributed by atoms with Crippen LogP contribution in [0.5, 0.6) is 0 Å². The molecule has 0 atom stereocenters. The molecule has 0 unspecified atom stereocenters. The maximum absolute atomic E-state index is 11.8. The predicted octanol–water partition coefficient (Wildman–Crippen LogP) is 2.82. The van der Waals surface area contributed by atoms with Crippen LogP contribution in [0.2, 0.25) is 0 Å². The number of ketones is 1. The zero-order valence-electron chi connectivity index (χ0n) is 10.3. The number of Topliss-reactive ketones (excluding diaryl/α,β-unsaturated/α-hetero) is 1. The van der Waals surface area contributed by atoms with E-state index in [1.54, 1.807) is 0 Å². The van der Waals surface area contributed by atoms with Crippen LogP contribution in [0.15, 0.2) is 24.3 Å². The summed E-state index contributed by atoms with van der Waals surface area (Å²) in [6, 6.07) is 8.02. The number of aryl methyl sites for hydroxylation is 1. The van der Waals surface area contributed by atoms with Crippen molar-refractivity contribution in [2.45, 2.75) is 32.6 Å². The molecular formula is C14H21NO. The smallest absolute Gasteiger partial charge is 0.162 e. The molecule has 1 N–H and O–H groups in total. The van der Waals surface area contributed by atoms with Gasteiger partial charge < -0.3 is 5.32 Å². The fourth-order valence-corrected chi connectivity index (χ4v) is 1.76. The quantitative estimate of drug-likeness (QED) is 0.564. The highest BCUT2D eigenvalue weighted by Crippen LogP contribution is 2.10. The number of carbonyl (C=O) groups excluding carboxylic acids is 1. The van der Waals surface area contributed by atoms with Crippen molar-refractivity contribution in [2.24, 2.45) is 0 Å². The van der Waals surface area contributed by atoms with Crippen LogP contribution in [0, 0.1) is 0 Å². The fourth-order valence-electron chi connectivity index (χ4n) is 1.76. The molecule has 1 aromatic rings. The fraction of sp³-hybridized carbons (Fsp3) is 0.500. The van der Waals surface area contributed by atoms with E-state index in [0.29, 0.717) is 6.42 Å². The summed E-state index contributed by atoms with van der Waals surface area (Å²) in [4.78, 5) is 11.8. The van der Waals surface area contributed by atoms with Crippen LogP contribution in [-0.4, -0.2) is 19.4 Å². The van der Waals surface area contributed by atoms with Crippen LogP contribution < -0.4 is 5.32 Å². The Morgan fingerprint density at radius 1 is 1.38 bits per heavy atom. The second-order valence-corrected chi connectivity index (χ2v) is 4.08. The maximum Gasteiger partial charge on any atom is 0.162 e. The minimum Gasteiger partial charge on any atom is -0.320 e. The average Bonchev–Trinajstić information content (AvgIpc) is 2.30. The zero-order chi connectivity index (χ0) is 11.8. The SMILES string of the molecule is CCCc1cccc(C(=O)CCCNC)c1. The van der Waals surface area contributed by atoms with Gasteiger partial charge in [0, 0.05) is 12.0 Å². The molecule has 0 saturated carbocycles. The summed E-state index contributed by atoms with van der Waals surface area (Å²) in [6.07, 6.45) is 3.72. The highest BCUT2D eigenvalue weighted by Gasteiger charge is 2.05. The van der Waals surface area contributed by atoms with Crippen molar-refractivity contribution in [1.82, 2.24) is 5.32 Å². The Hall–Kier alpha value is -1.15. The van der Waals surface area contributed by atoms with Gasteiger partial charge in [-0.3, -0.25) is 4.79 Å². The van der Waals surface area contributed by atoms with Crippen molar-refractivity contribution in [3.05, 3.63) is 35.4 Å². The van der Waals surface area contributed by atoms with Crippen molar-refractivity contribution in [3.8, 4) is 0 Å². The average molecular weight is 219 g/mol. The van der Waals surface area contributed by atoms with E-state index in [-0.39, 0.29) is 5.78 Å². The summed E-state index contributed by atoms with van der Waals surface area (Å²) < 4.78 is 0. The number of nitrogens with one attached hydrogen (secondary N) is 1. The van der Waals surface area contributed by atoms with Crippen LogP contribution in [0.25, 0.3) is 0 Å². The second kappa shape index (κ2) is 7.18. The summed E-state index contributed by atoms with van der Waals surface area (Å²) in [5.41, 5.74) is 2.13. The molecule has 2 heteroatoms. The lowest BCUT2D eigenvalue weighted by atomic mass is 10.0. The Morgan fingerprint density at radius 2 is 2.19 bits per heavy atom. The molecule has 0 aliphatic rings. The molecule has 0 amide bonds. The number of hydrogen-bond acceptors (Lipinski definition) is 2. The molecule has 0 saturated heterocycles. The number of rotatable bonds is 7. The molecule has 0 radical (unpaired) electrons. The molecule has 1 rings (SSSR count). The van der Waals surface area contributed by atoms with Crippen molar-refractivity contribution in [3.63, 3.8) is 0 Å². The first kappa shape index (κ1) is 12.9. The zero-order valence-corrected chi connectivity index (χ0v) is 10.3. The molecule has 0 aliphatic carbocycles. The van der Waals surface area contributed by atoms with E-state index in [0.717, 1.165) is 31.4 Å². The second-order valence-electron chi connectivity index (χ2n) is 4.08. The molecule has 0 aromatic heterocycles. The van der Waals surface area contributed by atoms with Crippen LogP contribution in [0.4, 0.5) is 0 Å². The van der Waals surface area contributed by atoms with Gasteiger partial charge in [-0.1, -0.05) is 31.5 Å². The Morgan fingerprint density at radius 3 is 2.88 bits per heavy atom. The van der Waals surface area contributed by atoms with Crippen molar-refractivity contribution in [2.75, 3.05) is 13.6 Å². The third-order valence-electron chi connectivity index (χ3n) is 2.62. The summed E-state index contributed by atoms with van der Waals surface area (Å²) >= 11 is 0. The molecule has 0 bridgehead atoms. The maximum atomic E-state index is 11.8. The van der Waals surface area contributed by atoms with Gasteiger partial charge in [0.05, 0.1) is 0 Å². The molecule has 0 aliphatic heterocycles. The summed E-state index contributed by atoms with van der Waals surface area (Å²) in [5.74, 6) is 0.258. The number of hydrogen-bond donors (Lipinski definition) is 1. The van der Waals surface area contributed by atoms with Gasteiger partial charge in [0.2, 0.25) is 0 Å². The Balaban J connectivity index is 2.57. The summed E-state index contributed by atoms with van der Waals surface area (Å²) in [6.45, 7) is 3.06. The van der Waals surface area contributed by atoms with Gasteiger partial charge in [0.25, 0.3) is 0 Å². The molecule has 0 fully saturated rings. The normalized spacial score (nSPS) is 10.4. The van der Waals surface area contributed by atoms with Crippen LogP contribution in [-0.2, 0) is 6.42 Å². The Labute approximate surface area is 98.1 Å². The first-order valence-electron chi connectivity index (χ1n) is 6.04. The van der Waals surface area contributed by atoms with E-state index in [2.05, 4.69) is 18.3 Å². The lowest BCUT2D eigenvalue weighted by molar-refractivity contribution is 0.0980. The standard InChI is InChI=1S/C14H21NO/c1-3-6-12-7-4-8-13(11-12)14(16)9-5-10-15-2/h4,7-8,11,15H,3,5-6,9-10H2,1-2H3. The third kappa shape index (κ3) is 4.15. The molecule has 88 valence electrons. The van der Waals surface area contributed by atoms with Crippen LogP contribution in [0.3, 0.4) is 0 Å². The Bertz CT molecular complexity index is 333. The lowest BCUT2D eigenvalue weighted by Crippen LogP contribution is -2.10. The van der Waals surface area contributed by atoms with Crippen molar-refractivity contribution in [1.29, 1.82) is 0 Å². The monoisotopic (exact) mass is 219 g/mol. The minimum absolute atomic E-state index is 0.258. The number of carbonyl (C=O) groups is 1. The van der Waals surface area contributed by atoms with E-state index in [4.69, 9.17) is 0 Å². The molecule has 1 aromatic carbocycles. The first-order valence-corrected chi connectivity index (χ1v) is 6.04. The molecule has 2 nitrogen and oxygen atoms in total. The summed E-state index contributed by atoms with van der Waals surface area (Å²) in [7, 11) is 1.91. The topological polar surface area (TPSA) is 29.1 Å². The lowest BCUT2D eigenvalue weighted by Gasteiger charge is -2.04. The highest BCUT2D eigenvalue weighted by atomic mass is 16.1. The highest BCUT2D eigenvalue weighted by molar-refractivity contribution is 5.96. The van der Waals surface area contributed by atoms with E-state index >= 15 is 0 Å². The van der Waals surface area contributed by atoms with Gasteiger partial charge in [-0.2, -0.15) is 0 Å².